The van der Waals surface area contributed by atoms with Crippen molar-refractivity contribution in [1.82, 2.24) is 19.5 Å². The number of para-hydroxylation sites is 1. The molecule has 0 aliphatic heterocycles. The number of fused-ring (bicyclic) bond motifs is 3. The first-order valence-electron chi connectivity index (χ1n) is 20.6. The third kappa shape index (κ3) is 4.49. The molecule has 4 heteroatoms. The zero-order chi connectivity index (χ0) is 38.4. The van der Waals surface area contributed by atoms with E-state index in [1.807, 2.05) is 0 Å². The Balaban J connectivity index is 1.21. The predicted octanol–water partition coefficient (Wildman–Crippen LogP) is 12.2. The maximum absolute atomic E-state index is 5.78. The normalized spacial score (nSPS) is 19.6. The van der Waals surface area contributed by atoms with Crippen LogP contribution >= 0.6 is 0 Å². The molecule has 5 aliphatic carbocycles. The summed E-state index contributed by atoms with van der Waals surface area (Å²) in [4.78, 5) is 16.8. The average molecular weight is 745 g/mol. The molecule has 0 unspecified atom stereocenters. The zero-order valence-corrected chi connectivity index (χ0v) is 32.4. The van der Waals surface area contributed by atoms with Crippen molar-refractivity contribution in [1.29, 1.82) is 0 Å². The van der Waals surface area contributed by atoms with Crippen molar-refractivity contribution in [2.45, 2.75) is 43.4 Å². The van der Waals surface area contributed by atoms with Gasteiger partial charge in [-0.15, -0.1) is 0 Å². The number of nitrogens with zero attached hydrogens (tertiary/aromatic N) is 4. The van der Waals surface area contributed by atoms with Crippen LogP contribution in [-0.4, -0.2) is 19.5 Å². The first kappa shape index (κ1) is 33.3. The molecule has 0 spiro atoms. The van der Waals surface area contributed by atoms with Crippen LogP contribution in [0.5, 0.6) is 0 Å². The second-order valence-electron chi connectivity index (χ2n) is 16.2. The minimum atomic E-state index is -0.806. The number of benzene rings is 6. The van der Waals surface area contributed by atoms with Gasteiger partial charge >= 0.3 is 0 Å². The van der Waals surface area contributed by atoms with Crippen LogP contribution in [0.1, 0.15) is 82.2 Å². The third-order valence-electron chi connectivity index (χ3n) is 13.3. The van der Waals surface area contributed by atoms with Gasteiger partial charge in [-0.05, 0) is 101 Å². The Morgan fingerprint density at radius 2 is 1.21 bits per heavy atom. The molecule has 2 bridgehead atoms. The molecule has 8 aromatic rings. The molecular weight excluding hydrogens is 705 g/mol. The molecule has 0 fully saturated rings. The maximum atomic E-state index is 5.78. The number of aromatic nitrogens is 4. The summed E-state index contributed by atoms with van der Waals surface area (Å²) in [6, 6.07) is 53.0. The summed E-state index contributed by atoms with van der Waals surface area (Å²) >= 11 is 0. The second-order valence-corrected chi connectivity index (χ2v) is 16.2. The molecule has 2 aromatic heterocycles. The molecule has 0 N–H and O–H groups in total. The largest absolute Gasteiger partial charge is 0.313 e. The van der Waals surface area contributed by atoms with E-state index in [-0.39, 0.29) is 5.41 Å². The summed E-state index contributed by atoms with van der Waals surface area (Å²) in [5.41, 5.74) is 15.8. The monoisotopic (exact) mass is 744 g/mol. The van der Waals surface area contributed by atoms with Gasteiger partial charge < -0.3 is 4.57 Å². The molecule has 0 radical (unpaired) electrons. The highest BCUT2D eigenvalue weighted by atomic mass is 15.1. The molecule has 0 saturated heterocycles. The van der Waals surface area contributed by atoms with Crippen molar-refractivity contribution >= 4 is 22.6 Å². The summed E-state index contributed by atoms with van der Waals surface area (Å²) < 4.78 is 2.44. The van der Waals surface area contributed by atoms with Crippen molar-refractivity contribution in [3.05, 3.63) is 226 Å². The fraction of sp³-hybridized carbons (Fsp3) is 0.130. The van der Waals surface area contributed by atoms with Crippen molar-refractivity contribution in [3.63, 3.8) is 0 Å². The molecule has 2 heterocycles. The van der Waals surface area contributed by atoms with E-state index in [4.69, 9.17) is 15.0 Å². The zero-order valence-electron chi connectivity index (χ0n) is 32.4. The van der Waals surface area contributed by atoms with E-state index in [1.54, 1.807) is 0 Å². The van der Waals surface area contributed by atoms with Gasteiger partial charge in [-0.1, -0.05) is 152 Å². The molecule has 0 amide bonds. The highest BCUT2D eigenvalue weighted by Gasteiger charge is 2.59. The Labute approximate surface area is 338 Å². The van der Waals surface area contributed by atoms with E-state index in [1.165, 1.54) is 61.2 Å². The minimum Gasteiger partial charge on any atom is -0.313 e. The number of allylic oxidation sites excluding steroid dienone is 5. The Morgan fingerprint density at radius 1 is 0.534 bits per heavy atom. The molecule has 4 nitrogen and oxygen atoms in total. The van der Waals surface area contributed by atoms with Gasteiger partial charge in [0.2, 0.25) is 0 Å². The van der Waals surface area contributed by atoms with Crippen molar-refractivity contribution in [2.24, 2.45) is 0 Å². The van der Waals surface area contributed by atoms with Crippen LogP contribution in [0.3, 0.4) is 0 Å². The van der Waals surface area contributed by atoms with Gasteiger partial charge in [0.25, 0.3) is 0 Å². The fourth-order valence-electron chi connectivity index (χ4n) is 10.7. The van der Waals surface area contributed by atoms with Crippen molar-refractivity contribution < 1.29 is 0 Å². The Morgan fingerprint density at radius 3 is 1.95 bits per heavy atom. The summed E-state index contributed by atoms with van der Waals surface area (Å²) in [6.07, 6.45) is 15.7. The van der Waals surface area contributed by atoms with Crippen LogP contribution in [0, 0.1) is 0 Å². The van der Waals surface area contributed by atoms with Crippen LogP contribution in [0.25, 0.3) is 51.0 Å². The molecule has 276 valence electrons. The first-order chi connectivity index (χ1) is 28.7. The SMILES string of the molecule is CC12c3ccccc3C(c3nc(-c4ccccc4)nc(-c4cccc5c4c4c(n5-c5ccccc5)CCC=C4)n3)(c3ccccc31)c1cc(C3=CCCC=C3)ccc12. The van der Waals surface area contributed by atoms with Crippen LogP contribution < -0.4 is 0 Å². The molecule has 6 aromatic carbocycles. The van der Waals surface area contributed by atoms with Crippen LogP contribution in [0.4, 0.5) is 0 Å². The van der Waals surface area contributed by atoms with Gasteiger partial charge in [-0.2, -0.15) is 0 Å². The van der Waals surface area contributed by atoms with Gasteiger partial charge in [0.15, 0.2) is 17.5 Å². The molecule has 0 saturated carbocycles. The fourth-order valence-corrected chi connectivity index (χ4v) is 10.7. The minimum absolute atomic E-state index is 0.352. The predicted molar refractivity (Wildman–Crippen MR) is 235 cm³/mol. The number of hydrogen-bond acceptors (Lipinski definition) is 3. The average Bonchev–Trinajstić information content (AvgIpc) is 3.65. The van der Waals surface area contributed by atoms with Crippen molar-refractivity contribution in [3.8, 4) is 28.5 Å². The lowest BCUT2D eigenvalue weighted by Crippen LogP contribution is -2.51. The van der Waals surface area contributed by atoms with Gasteiger partial charge in [0, 0.05) is 38.9 Å². The van der Waals surface area contributed by atoms with E-state index in [2.05, 4.69) is 187 Å². The number of rotatable bonds is 5. The highest BCUT2D eigenvalue weighted by molar-refractivity contribution is 6.03. The van der Waals surface area contributed by atoms with E-state index < -0.39 is 5.41 Å². The summed E-state index contributed by atoms with van der Waals surface area (Å²) in [5, 5.41) is 1.17. The van der Waals surface area contributed by atoms with Crippen molar-refractivity contribution in [2.75, 3.05) is 0 Å². The molecular formula is C54H40N4. The number of hydrogen-bond donors (Lipinski definition) is 0. The second kappa shape index (κ2) is 12.5. The van der Waals surface area contributed by atoms with E-state index in [0.29, 0.717) is 11.6 Å². The molecule has 5 aliphatic rings. The maximum Gasteiger partial charge on any atom is 0.164 e. The van der Waals surface area contributed by atoms with Gasteiger partial charge in [-0.25, -0.2) is 15.0 Å². The summed E-state index contributed by atoms with van der Waals surface area (Å²) in [6.45, 7) is 2.41. The van der Waals surface area contributed by atoms with Crippen LogP contribution in [-0.2, 0) is 17.3 Å². The quantitative estimate of drug-likeness (QED) is 0.176. The first-order valence-corrected chi connectivity index (χ1v) is 20.6. The smallest absolute Gasteiger partial charge is 0.164 e. The third-order valence-corrected chi connectivity index (χ3v) is 13.3. The lowest BCUT2D eigenvalue weighted by molar-refractivity contribution is 0.514. The van der Waals surface area contributed by atoms with E-state index in [0.717, 1.165) is 53.8 Å². The van der Waals surface area contributed by atoms with Crippen LogP contribution in [0.15, 0.2) is 170 Å². The standard InChI is InChI=1S/C54H40N4/c1-53-41-26-12-14-28-44(41)54(45-29-15-13-27-42(45)53,46-34-37(32-33-43(46)53)35-18-5-2-6-19-35)52-56-50(36-20-7-3-8-21-36)55-51(57-52)40-25-17-31-48-49(40)39-24-11-16-30-47(39)58(48)38-22-9-4-10-23-38/h3-5,7-15,17-29,31-34H,2,6,16,30H2,1H3. The summed E-state index contributed by atoms with van der Waals surface area (Å²) in [5.74, 6) is 2.09. The molecule has 58 heavy (non-hydrogen) atoms. The molecule has 0 atom stereocenters. The Bertz CT molecular complexity index is 3030. The Kier molecular flexibility index (Phi) is 7.19. The highest BCUT2D eigenvalue weighted by Crippen LogP contribution is 2.64. The van der Waals surface area contributed by atoms with Gasteiger partial charge in [-0.3, -0.25) is 0 Å². The van der Waals surface area contributed by atoms with E-state index >= 15 is 0 Å². The van der Waals surface area contributed by atoms with E-state index in [9.17, 15) is 0 Å². The van der Waals surface area contributed by atoms with Gasteiger partial charge in [0.05, 0.1) is 5.52 Å². The van der Waals surface area contributed by atoms with Gasteiger partial charge in [0.1, 0.15) is 5.41 Å². The topological polar surface area (TPSA) is 43.6 Å². The summed E-state index contributed by atoms with van der Waals surface area (Å²) in [7, 11) is 0. The van der Waals surface area contributed by atoms with Crippen LogP contribution in [0.2, 0.25) is 0 Å². The molecule has 13 rings (SSSR count). The lowest BCUT2D eigenvalue weighted by Gasteiger charge is -2.54. The Hall–Kier alpha value is -6.91. The lowest BCUT2D eigenvalue weighted by atomic mass is 9.47.